The Morgan fingerprint density at radius 1 is 1.16 bits per heavy atom. The van der Waals surface area contributed by atoms with Crippen LogP contribution in [0.25, 0.3) is 0 Å². The predicted molar refractivity (Wildman–Crippen MR) is 92.5 cm³/mol. The van der Waals surface area contributed by atoms with Gasteiger partial charge in [-0.25, -0.2) is 4.39 Å². The van der Waals surface area contributed by atoms with Crippen LogP contribution in [0.3, 0.4) is 0 Å². The van der Waals surface area contributed by atoms with E-state index in [0.717, 1.165) is 36.8 Å². The van der Waals surface area contributed by atoms with E-state index in [2.05, 4.69) is 13.5 Å². The minimum absolute atomic E-state index is 0.0649. The van der Waals surface area contributed by atoms with Crippen LogP contribution < -0.4 is 0 Å². The standard InChI is InChI=1S/C21H27FO3/c1-11-9-12-13(5-7-21(3)14(12)10-15(22)19(21)24)20(2)8-6-16(23)18(25-4)17(11)20/h12-15H,1,5-10H2,2-4H3/t12-,13+,14+,15-,20-,21+/m1/s1. The van der Waals surface area contributed by atoms with Crippen molar-refractivity contribution < 1.29 is 18.7 Å². The Morgan fingerprint density at radius 2 is 1.88 bits per heavy atom. The second-order valence-electron chi connectivity index (χ2n) is 8.96. The van der Waals surface area contributed by atoms with Gasteiger partial charge in [0, 0.05) is 22.8 Å². The Labute approximate surface area is 148 Å². The molecule has 3 saturated carbocycles. The number of hydrogen-bond donors (Lipinski definition) is 0. The number of ether oxygens (including phenoxy) is 1. The molecule has 0 aromatic rings. The third-order valence-corrected chi connectivity index (χ3v) is 7.92. The lowest BCUT2D eigenvalue weighted by atomic mass is 9.46. The van der Waals surface area contributed by atoms with Gasteiger partial charge in [-0.1, -0.05) is 20.4 Å². The van der Waals surface area contributed by atoms with E-state index in [0.29, 0.717) is 24.5 Å². The topological polar surface area (TPSA) is 43.4 Å². The molecule has 4 heteroatoms. The minimum Gasteiger partial charge on any atom is -0.493 e. The number of hydrogen-bond acceptors (Lipinski definition) is 3. The molecular formula is C21H27FO3. The summed E-state index contributed by atoms with van der Waals surface area (Å²) in [4.78, 5) is 24.8. The van der Waals surface area contributed by atoms with Crippen molar-refractivity contribution in [3.05, 3.63) is 23.5 Å². The maximum absolute atomic E-state index is 14.3. The van der Waals surface area contributed by atoms with Crippen LogP contribution in [-0.4, -0.2) is 24.8 Å². The van der Waals surface area contributed by atoms with E-state index < -0.39 is 11.6 Å². The Bertz CT molecular complexity index is 708. The molecule has 0 aromatic carbocycles. The van der Waals surface area contributed by atoms with Crippen LogP contribution in [0.2, 0.25) is 0 Å². The van der Waals surface area contributed by atoms with Gasteiger partial charge in [0.1, 0.15) is 0 Å². The largest absolute Gasteiger partial charge is 0.493 e. The quantitative estimate of drug-likeness (QED) is 0.715. The monoisotopic (exact) mass is 346 g/mol. The summed E-state index contributed by atoms with van der Waals surface area (Å²) in [5.74, 6) is 1.09. The van der Waals surface area contributed by atoms with Gasteiger partial charge in [0.15, 0.2) is 23.5 Å². The van der Waals surface area contributed by atoms with Crippen LogP contribution in [0.5, 0.6) is 0 Å². The zero-order chi connectivity index (χ0) is 18.1. The predicted octanol–water partition coefficient (Wildman–Crippen LogP) is 4.18. The van der Waals surface area contributed by atoms with Crippen LogP contribution in [0, 0.1) is 28.6 Å². The first kappa shape index (κ1) is 17.0. The van der Waals surface area contributed by atoms with Crippen molar-refractivity contribution in [1.82, 2.24) is 0 Å². The molecule has 0 aromatic heterocycles. The van der Waals surface area contributed by atoms with Crippen molar-refractivity contribution in [2.24, 2.45) is 28.6 Å². The first-order valence-corrected chi connectivity index (χ1v) is 9.42. The van der Waals surface area contributed by atoms with Gasteiger partial charge in [-0.15, -0.1) is 0 Å². The molecule has 0 N–H and O–H groups in total. The lowest BCUT2D eigenvalue weighted by molar-refractivity contribution is -0.135. The number of carbonyl (C=O) groups is 2. The van der Waals surface area contributed by atoms with E-state index >= 15 is 0 Å². The van der Waals surface area contributed by atoms with E-state index in [9.17, 15) is 14.0 Å². The fourth-order valence-corrected chi connectivity index (χ4v) is 6.66. The van der Waals surface area contributed by atoms with Crippen molar-refractivity contribution in [2.45, 2.75) is 58.5 Å². The molecule has 0 saturated heterocycles. The Hall–Kier alpha value is -1.45. The van der Waals surface area contributed by atoms with Crippen LogP contribution in [0.4, 0.5) is 4.39 Å². The molecular weight excluding hydrogens is 319 g/mol. The molecule has 0 bridgehead atoms. The van der Waals surface area contributed by atoms with Crippen molar-refractivity contribution in [3.8, 4) is 0 Å². The fourth-order valence-electron chi connectivity index (χ4n) is 6.66. The molecule has 0 aliphatic heterocycles. The molecule has 4 aliphatic carbocycles. The molecule has 0 heterocycles. The van der Waals surface area contributed by atoms with Crippen molar-refractivity contribution >= 4 is 11.6 Å². The lowest BCUT2D eigenvalue weighted by Crippen LogP contribution is -2.51. The molecule has 3 nitrogen and oxygen atoms in total. The fraction of sp³-hybridized carbons (Fsp3) is 0.714. The smallest absolute Gasteiger partial charge is 0.197 e. The average molecular weight is 346 g/mol. The Balaban J connectivity index is 1.79. The molecule has 4 rings (SSSR count). The summed E-state index contributed by atoms with van der Waals surface area (Å²) in [5, 5.41) is 0. The molecule has 0 radical (unpaired) electrons. The van der Waals surface area contributed by atoms with Gasteiger partial charge in [-0.2, -0.15) is 0 Å². The highest BCUT2D eigenvalue weighted by molar-refractivity contribution is 5.96. The lowest BCUT2D eigenvalue weighted by Gasteiger charge is -2.57. The molecule has 0 amide bonds. The number of halogens is 1. The van der Waals surface area contributed by atoms with Crippen molar-refractivity contribution in [1.29, 1.82) is 0 Å². The van der Waals surface area contributed by atoms with E-state index in [-0.39, 0.29) is 28.8 Å². The number of fused-ring (bicyclic) bond motifs is 5. The summed E-state index contributed by atoms with van der Waals surface area (Å²) in [6.07, 6.45) is 2.74. The van der Waals surface area contributed by atoms with Crippen molar-refractivity contribution in [2.75, 3.05) is 7.11 Å². The van der Waals surface area contributed by atoms with E-state index in [1.807, 2.05) is 6.92 Å². The van der Waals surface area contributed by atoms with Crippen LogP contribution >= 0.6 is 0 Å². The molecule has 0 spiro atoms. The van der Waals surface area contributed by atoms with E-state index in [1.54, 1.807) is 7.11 Å². The summed E-state index contributed by atoms with van der Waals surface area (Å²) < 4.78 is 19.8. The molecule has 3 fully saturated rings. The third kappa shape index (κ3) is 2.03. The SMILES string of the molecule is C=C1C[C@@H]2[C@H](CC[C@]3(C)C(=O)[C@H](F)C[C@@H]23)[C@@]2(C)CCC(=O)C(OC)=C12. The van der Waals surface area contributed by atoms with Crippen LogP contribution in [-0.2, 0) is 14.3 Å². The zero-order valence-electron chi connectivity index (χ0n) is 15.4. The first-order valence-electron chi connectivity index (χ1n) is 9.42. The maximum atomic E-state index is 14.3. The highest BCUT2D eigenvalue weighted by Gasteiger charge is 2.62. The first-order chi connectivity index (χ1) is 11.7. The Kier molecular flexibility index (Phi) is 3.59. The average Bonchev–Trinajstić information content (AvgIpc) is 2.80. The number of Topliss-reactive ketones (excluding diaryl/α,β-unsaturated/α-hetero) is 2. The second kappa shape index (κ2) is 5.28. The number of carbonyl (C=O) groups excluding carboxylic acids is 2. The van der Waals surface area contributed by atoms with Crippen molar-refractivity contribution in [3.63, 3.8) is 0 Å². The minimum atomic E-state index is -1.31. The molecule has 25 heavy (non-hydrogen) atoms. The summed E-state index contributed by atoms with van der Waals surface area (Å²) in [7, 11) is 1.56. The van der Waals surface area contributed by atoms with Gasteiger partial charge in [-0.3, -0.25) is 9.59 Å². The number of ketones is 2. The van der Waals surface area contributed by atoms with E-state index in [1.165, 1.54) is 0 Å². The maximum Gasteiger partial charge on any atom is 0.197 e. The molecule has 136 valence electrons. The van der Waals surface area contributed by atoms with Gasteiger partial charge in [-0.05, 0) is 55.4 Å². The number of rotatable bonds is 1. The summed E-state index contributed by atoms with van der Waals surface area (Å²) in [5.41, 5.74) is 1.27. The van der Waals surface area contributed by atoms with Gasteiger partial charge in [0.05, 0.1) is 7.11 Å². The van der Waals surface area contributed by atoms with Gasteiger partial charge >= 0.3 is 0 Å². The molecule has 4 aliphatic rings. The summed E-state index contributed by atoms with van der Waals surface area (Å²) in [6.45, 7) is 8.47. The van der Waals surface area contributed by atoms with Gasteiger partial charge in [0.2, 0.25) is 0 Å². The number of allylic oxidation sites excluding steroid dienone is 2. The molecule has 6 atom stereocenters. The number of alkyl halides is 1. The third-order valence-electron chi connectivity index (χ3n) is 7.92. The van der Waals surface area contributed by atoms with Crippen LogP contribution in [0.1, 0.15) is 52.4 Å². The Morgan fingerprint density at radius 3 is 2.56 bits per heavy atom. The van der Waals surface area contributed by atoms with Crippen LogP contribution in [0.15, 0.2) is 23.5 Å². The highest BCUT2D eigenvalue weighted by atomic mass is 19.1. The van der Waals surface area contributed by atoms with Gasteiger partial charge in [0.25, 0.3) is 0 Å². The zero-order valence-corrected chi connectivity index (χ0v) is 15.4. The highest BCUT2D eigenvalue weighted by Crippen LogP contribution is 2.66. The van der Waals surface area contributed by atoms with Gasteiger partial charge < -0.3 is 4.74 Å². The normalized spacial score (nSPS) is 46.6. The summed E-state index contributed by atoms with van der Waals surface area (Å²) in [6, 6.07) is 0. The second-order valence-corrected chi connectivity index (χ2v) is 8.96. The number of methoxy groups -OCH3 is 1. The molecule has 0 unspecified atom stereocenters. The summed E-state index contributed by atoms with van der Waals surface area (Å²) >= 11 is 0. The van der Waals surface area contributed by atoms with E-state index in [4.69, 9.17) is 4.74 Å².